The van der Waals surface area contributed by atoms with Crippen molar-refractivity contribution in [2.24, 2.45) is 5.41 Å². The third-order valence-corrected chi connectivity index (χ3v) is 3.87. The van der Waals surface area contributed by atoms with Gasteiger partial charge in [-0.1, -0.05) is 31.2 Å². The molecule has 1 fully saturated rings. The van der Waals surface area contributed by atoms with Crippen LogP contribution >= 0.6 is 0 Å². The molecular formula is C14H21NO. The maximum atomic E-state index is 9.06. The van der Waals surface area contributed by atoms with E-state index in [-0.39, 0.29) is 6.61 Å². The van der Waals surface area contributed by atoms with Crippen molar-refractivity contribution in [3.63, 3.8) is 0 Å². The van der Waals surface area contributed by atoms with Gasteiger partial charge in [-0.3, -0.25) is 0 Å². The van der Waals surface area contributed by atoms with Gasteiger partial charge < -0.3 is 10.4 Å². The quantitative estimate of drug-likeness (QED) is 0.797. The zero-order valence-corrected chi connectivity index (χ0v) is 10.2. The van der Waals surface area contributed by atoms with Crippen molar-refractivity contribution in [3.05, 3.63) is 35.4 Å². The van der Waals surface area contributed by atoms with Gasteiger partial charge in [-0.05, 0) is 36.3 Å². The van der Waals surface area contributed by atoms with E-state index >= 15 is 0 Å². The molecule has 16 heavy (non-hydrogen) atoms. The third kappa shape index (κ3) is 2.63. The Kier molecular flexibility index (Phi) is 3.31. The monoisotopic (exact) mass is 219 g/mol. The standard InChI is InChI=1S/C14H21NO/c1-11(14(2)6-7-14)15-9-12-4-3-5-13(8-12)10-16/h3-5,8,11,15-16H,6-7,9-10H2,1-2H3. The molecule has 1 atom stereocenters. The van der Waals surface area contributed by atoms with Crippen LogP contribution in [0.4, 0.5) is 0 Å². The molecule has 1 saturated carbocycles. The van der Waals surface area contributed by atoms with Crippen molar-refractivity contribution >= 4 is 0 Å². The van der Waals surface area contributed by atoms with Gasteiger partial charge in [0.1, 0.15) is 0 Å². The molecule has 0 radical (unpaired) electrons. The third-order valence-electron chi connectivity index (χ3n) is 3.87. The number of nitrogens with one attached hydrogen (secondary N) is 1. The van der Waals surface area contributed by atoms with Crippen LogP contribution in [0.2, 0.25) is 0 Å². The number of rotatable bonds is 5. The van der Waals surface area contributed by atoms with Crippen molar-refractivity contribution in [2.75, 3.05) is 0 Å². The van der Waals surface area contributed by atoms with Crippen LogP contribution in [0.25, 0.3) is 0 Å². The average Bonchev–Trinajstić information content (AvgIpc) is 3.06. The van der Waals surface area contributed by atoms with Crippen LogP contribution in [0.1, 0.15) is 37.8 Å². The second kappa shape index (κ2) is 4.56. The summed E-state index contributed by atoms with van der Waals surface area (Å²) >= 11 is 0. The van der Waals surface area contributed by atoms with Crippen molar-refractivity contribution in [1.29, 1.82) is 0 Å². The first kappa shape index (κ1) is 11.6. The second-order valence-electron chi connectivity index (χ2n) is 5.23. The predicted molar refractivity (Wildman–Crippen MR) is 66.0 cm³/mol. The van der Waals surface area contributed by atoms with Gasteiger partial charge in [-0.2, -0.15) is 0 Å². The van der Waals surface area contributed by atoms with E-state index < -0.39 is 0 Å². The first-order valence-electron chi connectivity index (χ1n) is 6.06. The van der Waals surface area contributed by atoms with Crippen LogP contribution in [0, 0.1) is 5.41 Å². The fraction of sp³-hybridized carbons (Fsp3) is 0.571. The van der Waals surface area contributed by atoms with E-state index in [1.807, 2.05) is 12.1 Å². The van der Waals surface area contributed by atoms with Gasteiger partial charge >= 0.3 is 0 Å². The minimum Gasteiger partial charge on any atom is -0.392 e. The molecule has 88 valence electrons. The molecule has 0 bridgehead atoms. The van der Waals surface area contributed by atoms with Gasteiger partial charge in [0.25, 0.3) is 0 Å². The number of aliphatic hydroxyl groups excluding tert-OH is 1. The second-order valence-corrected chi connectivity index (χ2v) is 5.23. The van der Waals surface area contributed by atoms with Crippen molar-refractivity contribution in [3.8, 4) is 0 Å². The summed E-state index contributed by atoms with van der Waals surface area (Å²) in [6, 6.07) is 8.70. The SMILES string of the molecule is CC(NCc1cccc(CO)c1)C1(C)CC1. The molecule has 2 rings (SSSR count). The van der Waals surface area contributed by atoms with Crippen LogP contribution in [-0.4, -0.2) is 11.1 Å². The summed E-state index contributed by atoms with van der Waals surface area (Å²) in [5, 5.41) is 12.6. The molecule has 1 aromatic rings. The highest BCUT2D eigenvalue weighted by Crippen LogP contribution is 2.47. The molecule has 0 aliphatic heterocycles. The highest BCUT2D eigenvalue weighted by molar-refractivity contribution is 5.22. The summed E-state index contributed by atoms with van der Waals surface area (Å²) in [4.78, 5) is 0. The van der Waals surface area contributed by atoms with Crippen LogP contribution in [0.3, 0.4) is 0 Å². The molecule has 1 unspecified atom stereocenters. The Balaban J connectivity index is 1.89. The normalized spacial score (nSPS) is 19.4. The summed E-state index contributed by atoms with van der Waals surface area (Å²) in [5.41, 5.74) is 2.77. The molecule has 0 saturated heterocycles. The van der Waals surface area contributed by atoms with Gasteiger partial charge in [0.2, 0.25) is 0 Å². The zero-order valence-electron chi connectivity index (χ0n) is 10.2. The fourth-order valence-corrected chi connectivity index (χ4v) is 1.99. The van der Waals surface area contributed by atoms with E-state index in [1.54, 1.807) is 0 Å². The molecule has 1 aromatic carbocycles. The van der Waals surface area contributed by atoms with Crippen LogP contribution < -0.4 is 5.32 Å². The fourth-order valence-electron chi connectivity index (χ4n) is 1.99. The Morgan fingerprint density at radius 3 is 2.69 bits per heavy atom. The Morgan fingerprint density at radius 1 is 1.38 bits per heavy atom. The highest BCUT2D eigenvalue weighted by Gasteiger charge is 2.41. The first-order chi connectivity index (χ1) is 7.64. The van der Waals surface area contributed by atoms with Gasteiger partial charge in [0.05, 0.1) is 6.61 Å². The first-order valence-corrected chi connectivity index (χ1v) is 6.06. The van der Waals surface area contributed by atoms with E-state index in [1.165, 1.54) is 18.4 Å². The Labute approximate surface area is 97.7 Å². The summed E-state index contributed by atoms with van der Waals surface area (Å²) in [6.45, 7) is 5.63. The number of hydrogen-bond acceptors (Lipinski definition) is 2. The Bertz CT molecular complexity index is 358. The molecule has 0 aromatic heterocycles. The smallest absolute Gasteiger partial charge is 0.0681 e. The average molecular weight is 219 g/mol. The van der Waals surface area contributed by atoms with Crippen LogP contribution in [0.15, 0.2) is 24.3 Å². The van der Waals surface area contributed by atoms with Crippen molar-refractivity contribution in [1.82, 2.24) is 5.32 Å². The van der Waals surface area contributed by atoms with E-state index in [0.29, 0.717) is 11.5 Å². The van der Waals surface area contributed by atoms with Crippen LogP contribution in [-0.2, 0) is 13.2 Å². The lowest BCUT2D eigenvalue weighted by Crippen LogP contribution is -2.32. The summed E-state index contributed by atoms with van der Waals surface area (Å²) < 4.78 is 0. The lowest BCUT2D eigenvalue weighted by atomic mass is 10.0. The molecule has 0 spiro atoms. The Morgan fingerprint density at radius 2 is 2.06 bits per heavy atom. The van der Waals surface area contributed by atoms with Crippen molar-refractivity contribution in [2.45, 2.75) is 45.9 Å². The Hall–Kier alpha value is -0.860. The molecule has 2 nitrogen and oxygen atoms in total. The number of aliphatic hydroxyl groups is 1. The van der Waals surface area contributed by atoms with Gasteiger partial charge in [0.15, 0.2) is 0 Å². The number of benzene rings is 1. The molecule has 1 aliphatic carbocycles. The lowest BCUT2D eigenvalue weighted by Gasteiger charge is -2.20. The van der Waals surface area contributed by atoms with E-state index in [4.69, 9.17) is 5.11 Å². The molecule has 2 N–H and O–H groups in total. The summed E-state index contributed by atoms with van der Waals surface area (Å²) in [7, 11) is 0. The highest BCUT2D eigenvalue weighted by atomic mass is 16.3. The summed E-state index contributed by atoms with van der Waals surface area (Å²) in [6.07, 6.45) is 2.69. The maximum absolute atomic E-state index is 9.06. The van der Waals surface area contributed by atoms with Gasteiger partial charge in [0, 0.05) is 12.6 Å². The minimum atomic E-state index is 0.126. The van der Waals surface area contributed by atoms with Gasteiger partial charge in [-0.25, -0.2) is 0 Å². The molecule has 0 amide bonds. The van der Waals surface area contributed by atoms with Crippen molar-refractivity contribution < 1.29 is 5.11 Å². The molecule has 1 aliphatic rings. The zero-order chi connectivity index (χ0) is 11.6. The van der Waals surface area contributed by atoms with E-state index in [9.17, 15) is 0 Å². The summed E-state index contributed by atoms with van der Waals surface area (Å²) in [5.74, 6) is 0. The largest absolute Gasteiger partial charge is 0.392 e. The minimum absolute atomic E-state index is 0.126. The predicted octanol–water partition coefficient (Wildman–Crippen LogP) is 2.46. The van der Waals surface area contributed by atoms with Gasteiger partial charge in [-0.15, -0.1) is 0 Å². The molecule has 0 heterocycles. The lowest BCUT2D eigenvalue weighted by molar-refractivity contribution is 0.281. The molecule has 2 heteroatoms. The molecular weight excluding hydrogens is 198 g/mol. The van der Waals surface area contributed by atoms with E-state index in [0.717, 1.165) is 12.1 Å². The number of hydrogen-bond donors (Lipinski definition) is 2. The van der Waals surface area contributed by atoms with E-state index in [2.05, 4.69) is 31.3 Å². The maximum Gasteiger partial charge on any atom is 0.0681 e. The van der Waals surface area contributed by atoms with Crippen LogP contribution in [0.5, 0.6) is 0 Å². The topological polar surface area (TPSA) is 32.3 Å².